The Hall–Kier alpha value is -1.76. The Morgan fingerprint density at radius 1 is 1.62 bits per heavy atom. The van der Waals surface area contributed by atoms with Crippen molar-refractivity contribution in [1.29, 1.82) is 0 Å². The first kappa shape index (κ1) is 9.33. The third-order valence-electron chi connectivity index (χ3n) is 1.43. The van der Waals surface area contributed by atoms with Crippen LogP contribution in [0.15, 0.2) is 18.2 Å². The van der Waals surface area contributed by atoms with E-state index in [-0.39, 0.29) is 11.4 Å². The highest BCUT2D eigenvalue weighted by atomic mass is 16.6. The Morgan fingerprint density at radius 3 is 2.77 bits per heavy atom. The molecular formula is C6H7BN2O4. The van der Waals surface area contributed by atoms with Crippen LogP contribution >= 0.6 is 0 Å². The summed E-state index contributed by atoms with van der Waals surface area (Å²) in [5, 5.41) is 18.7. The number of nitrogens with two attached hydrogens (primary N) is 1. The summed E-state index contributed by atoms with van der Waals surface area (Å²) in [6.45, 7) is 0. The van der Waals surface area contributed by atoms with E-state index in [2.05, 4.69) is 4.65 Å². The molecule has 0 saturated carbocycles. The minimum absolute atomic E-state index is 0.0101. The number of rotatable bonds is 3. The van der Waals surface area contributed by atoms with E-state index in [9.17, 15) is 10.1 Å². The van der Waals surface area contributed by atoms with Crippen LogP contribution < -0.4 is 10.4 Å². The van der Waals surface area contributed by atoms with Crippen LogP contribution in [0.2, 0.25) is 0 Å². The van der Waals surface area contributed by atoms with Gasteiger partial charge in [0.2, 0.25) is 0 Å². The summed E-state index contributed by atoms with van der Waals surface area (Å²) in [5.74, 6) is 0.297. The lowest BCUT2D eigenvalue weighted by Crippen LogP contribution is -2.01. The third kappa shape index (κ3) is 2.09. The molecule has 6 nitrogen and oxygen atoms in total. The first-order valence-electron chi connectivity index (χ1n) is 3.42. The van der Waals surface area contributed by atoms with E-state index in [1.807, 2.05) is 0 Å². The van der Waals surface area contributed by atoms with Crippen molar-refractivity contribution in [3.8, 4) is 5.75 Å². The summed E-state index contributed by atoms with van der Waals surface area (Å²) in [6, 6.07) is 3.87. The largest absolute Gasteiger partial charge is 0.539 e. The number of nitro benzene ring substituents is 1. The molecule has 7 heteroatoms. The molecule has 0 atom stereocenters. The molecule has 1 rings (SSSR count). The maximum absolute atomic E-state index is 10.3. The maximum Gasteiger partial charge on any atom is 0.504 e. The van der Waals surface area contributed by atoms with Gasteiger partial charge >= 0.3 is 7.69 Å². The zero-order valence-electron chi connectivity index (χ0n) is 6.64. The van der Waals surface area contributed by atoms with Crippen LogP contribution in [0.5, 0.6) is 5.75 Å². The summed E-state index contributed by atoms with van der Waals surface area (Å²) in [4.78, 5) is 9.74. The van der Waals surface area contributed by atoms with E-state index in [0.29, 0.717) is 5.75 Å². The van der Waals surface area contributed by atoms with Crippen LogP contribution in [0.4, 0.5) is 11.4 Å². The zero-order chi connectivity index (χ0) is 9.84. The highest BCUT2D eigenvalue weighted by Gasteiger charge is 2.11. The van der Waals surface area contributed by atoms with Crippen molar-refractivity contribution >= 4 is 19.1 Å². The van der Waals surface area contributed by atoms with Gasteiger partial charge in [-0.3, -0.25) is 10.1 Å². The summed E-state index contributed by atoms with van der Waals surface area (Å²) >= 11 is 0. The summed E-state index contributed by atoms with van der Waals surface area (Å²) in [5.41, 5.74) is 5.18. The van der Waals surface area contributed by atoms with Crippen molar-refractivity contribution in [3.05, 3.63) is 28.3 Å². The maximum atomic E-state index is 10.3. The number of hydrogen-bond donors (Lipinski definition) is 2. The minimum Gasteiger partial charge on any atom is -0.539 e. The van der Waals surface area contributed by atoms with Crippen molar-refractivity contribution in [2.75, 3.05) is 5.73 Å². The molecule has 0 radical (unpaired) electrons. The number of anilines is 1. The third-order valence-corrected chi connectivity index (χ3v) is 1.43. The molecule has 1 aromatic carbocycles. The summed E-state index contributed by atoms with van der Waals surface area (Å²) < 4.78 is 4.67. The van der Waals surface area contributed by atoms with Crippen LogP contribution in [0.1, 0.15) is 0 Å². The topological polar surface area (TPSA) is 98.6 Å². The van der Waals surface area contributed by atoms with Crippen LogP contribution in [0.3, 0.4) is 0 Å². The fourth-order valence-electron chi connectivity index (χ4n) is 0.863. The lowest BCUT2D eigenvalue weighted by molar-refractivity contribution is -0.383. The molecule has 68 valence electrons. The van der Waals surface area contributed by atoms with Gasteiger partial charge in [-0.15, -0.1) is 0 Å². The molecule has 0 heterocycles. The molecular weight excluding hydrogens is 175 g/mol. The fourth-order valence-corrected chi connectivity index (χ4v) is 0.863. The molecule has 0 aromatic heterocycles. The minimum atomic E-state index is -0.585. The predicted molar refractivity (Wildman–Crippen MR) is 47.5 cm³/mol. The van der Waals surface area contributed by atoms with E-state index in [4.69, 9.17) is 10.8 Å². The average molecular weight is 182 g/mol. The quantitative estimate of drug-likeness (QED) is 0.292. The van der Waals surface area contributed by atoms with Crippen molar-refractivity contribution in [2.24, 2.45) is 0 Å². The van der Waals surface area contributed by atoms with Gasteiger partial charge in [0.15, 0.2) is 0 Å². The molecule has 0 aliphatic carbocycles. The zero-order valence-corrected chi connectivity index (χ0v) is 6.64. The van der Waals surface area contributed by atoms with E-state index in [1.165, 1.54) is 18.2 Å². The van der Waals surface area contributed by atoms with Crippen LogP contribution in [0.25, 0.3) is 0 Å². The highest BCUT2D eigenvalue weighted by Crippen LogP contribution is 2.25. The number of nitrogens with zero attached hydrogens (tertiary/aromatic N) is 1. The van der Waals surface area contributed by atoms with Gasteiger partial charge in [0.05, 0.1) is 4.92 Å². The number of nitrogen functional groups attached to an aromatic ring is 1. The molecule has 0 spiro atoms. The monoisotopic (exact) mass is 182 g/mol. The van der Waals surface area contributed by atoms with Gasteiger partial charge in [-0.2, -0.15) is 0 Å². The SMILES string of the molecule is Nc1cc(OBO)ccc1[N+](=O)[O-]. The van der Waals surface area contributed by atoms with Gasteiger partial charge in [-0.05, 0) is 6.07 Å². The Balaban J connectivity index is 2.98. The molecule has 1 aromatic rings. The molecule has 0 bridgehead atoms. The van der Waals surface area contributed by atoms with Gasteiger partial charge in [0.25, 0.3) is 5.69 Å². The Kier molecular flexibility index (Phi) is 2.71. The van der Waals surface area contributed by atoms with Gasteiger partial charge in [0.1, 0.15) is 11.4 Å². The molecule has 0 unspecified atom stereocenters. The second kappa shape index (κ2) is 3.77. The van der Waals surface area contributed by atoms with Crippen molar-refractivity contribution < 1.29 is 14.6 Å². The molecule has 0 aliphatic heterocycles. The summed E-state index contributed by atoms with van der Waals surface area (Å²) in [6.07, 6.45) is 0. The molecule has 0 aliphatic rings. The number of benzene rings is 1. The second-order valence-corrected chi connectivity index (χ2v) is 2.25. The van der Waals surface area contributed by atoms with Gasteiger partial charge in [0, 0.05) is 12.1 Å². The summed E-state index contributed by atoms with van der Waals surface area (Å²) in [7, 11) is -0.489. The van der Waals surface area contributed by atoms with Gasteiger partial charge in [-0.25, -0.2) is 0 Å². The van der Waals surface area contributed by atoms with Crippen LogP contribution in [0, 0.1) is 10.1 Å². The van der Waals surface area contributed by atoms with Crippen LogP contribution in [-0.4, -0.2) is 17.6 Å². The van der Waals surface area contributed by atoms with Crippen molar-refractivity contribution in [3.63, 3.8) is 0 Å². The average Bonchev–Trinajstić information content (AvgIpc) is 2.04. The van der Waals surface area contributed by atoms with Crippen LogP contribution in [-0.2, 0) is 0 Å². The molecule has 13 heavy (non-hydrogen) atoms. The number of nitro groups is 1. The van der Waals surface area contributed by atoms with Crippen molar-refractivity contribution in [2.45, 2.75) is 0 Å². The smallest absolute Gasteiger partial charge is 0.504 e. The van der Waals surface area contributed by atoms with E-state index >= 15 is 0 Å². The van der Waals surface area contributed by atoms with E-state index in [1.54, 1.807) is 0 Å². The lowest BCUT2D eigenvalue weighted by Gasteiger charge is -2.02. The second-order valence-electron chi connectivity index (χ2n) is 2.25. The standard InChI is InChI=1S/C6H7BN2O4/c8-5-3-4(13-7-10)1-2-6(5)9(11)12/h1-3,7,10H,8H2. The number of hydrogen-bond acceptors (Lipinski definition) is 5. The van der Waals surface area contributed by atoms with Gasteiger partial charge < -0.3 is 15.4 Å². The molecule has 3 N–H and O–H groups in total. The normalized spacial score (nSPS) is 9.31. The Bertz CT molecular complexity index is 330. The molecule has 0 amide bonds. The lowest BCUT2D eigenvalue weighted by atomic mass is 10.2. The Morgan fingerprint density at radius 2 is 2.31 bits per heavy atom. The fraction of sp³-hybridized carbons (Fsp3) is 0. The van der Waals surface area contributed by atoms with Crippen molar-refractivity contribution in [1.82, 2.24) is 0 Å². The predicted octanol–water partition coefficient (Wildman–Crippen LogP) is -0.185. The highest BCUT2D eigenvalue weighted by molar-refractivity contribution is 6.17. The first-order chi connectivity index (χ1) is 6.15. The Labute approximate surface area is 74.4 Å². The molecule has 0 fully saturated rings. The first-order valence-corrected chi connectivity index (χ1v) is 3.42. The van der Waals surface area contributed by atoms with E-state index in [0.717, 1.165) is 0 Å². The van der Waals surface area contributed by atoms with E-state index < -0.39 is 12.6 Å². The molecule has 0 saturated heterocycles. The van der Waals surface area contributed by atoms with Gasteiger partial charge in [-0.1, -0.05) is 0 Å².